The first kappa shape index (κ1) is 12.4. The molecule has 0 fully saturated rings. The highest BCUT2D eigenvalue weighted by atomic mass is 79.9. The van der Waals surface area contributed by atoms with Crippen molar-refractivity contribution in [1.29, 1.82) is 0 Å². The minimum atomic E-state index is 0.824. The summed E-state index contributed by atoms with van der Waals surface area (Å²) in [5, 5.41) is 4.04. The third kappa shape index (κ3) is 3.71. The number of thioether (sulfide) groups is 1. The highest BCUT2D eigenvalue weighted by molar-refractivity contribution is 9.10. The maximum Gasteiger partial charge on any atom is 0.125 e. The first-order chi connectivity index (χ1) is 8.28. The van der Waals surface area contributed by atoms with Gasteiger partial charge in [-0.25, -0.2) is 9.97 Å². The molecule has 0 atom stereocenters. The molecule has 0 bridgehead atoms. The standard InChI is InChI=1S/C12H12BrN3S/c1-14-11-4-2-3-10(16-11)8-17-12-6-5-9(13)7-15-12/h2-7H,8H2,1H3,(H,14,16). The second-order valence-corrected chi connectivity index (χ2v) is 5.28. The van der Waals surface area contributed by atoms with Gasteiger partial charge in [-0.15, -0.1) is 11.8 Å². The van der Waals surface area contributed by atoms with Crippen molar-refractivity contribution in [2.45, 2.75) is 10.8 Å². The fraction of sp³-hybridized carbons (Fsp3) is 0.167. The summed E-state index contributed by atoms with van der Waals surface area (Å²) in [6.07, 6.45) is 1.81. The van der Waals surface area contributed by atoms with E-state index in [4.69, 9.17) is 0 Å². The predicted octanol–water partition coefficient (Wildman–Crippen LogP) is 3.57. The molecule has 5 heteroatoms. The average Bonchev–Trinajstić information content (AvgIpc) is 2.38. The summed E-state index contributed by atoms with van der Waals surface area (Å²) < 4.78 is 0.997. The van der Waals surface area contributed by atoms with E-state index in [1.54, 1.807) is 18.0 Å². The topological polar surface area (TPSA) is 37.8 Å². The van der Waals surface area contributed by atoms with E-state index < -0.39 is 0 Å². The lowest BCUT2D eigenvalue weighted by atomic mass is 10.4. The zero-order chi connectivity index (χ0) is 12.1. The van der Waals surface area contributed by atoms with Gasteiger partial charge < -0.3 is 5.32 Å². The van der Waals surface area contributed by atoms with Gasteiger partial charge in [0.05, 0.1) is 10.7 Å². The third-order valence-electron chi connectivity index (χ3n) is 2.13. The van der Waals surface area contributed by atoms with E-state index in [-0.39, 0.29) is 0 Å². The number of halogens is 1. The van der Waals surface area contributed by atoms with E-state index >= 15 is 0 Å². The van der Waals surface area contributed by atoms with Crippen LogP contribution in [0.15, 0.2) is 46.0 Å². The number of aromatic nitrogens is 2. The van der Waals surface area contributed by atoms with Crippen LogP contribution in [0.25, 0.3) is 0 Å². The molecule has 0 spiro atoms. The van der Waals surface area contributed by atoms with Gasteiger partial charge in [-0.2, -0.15) is 0 Å². The molecule has 0 aliphatic rings. The lowest BCUT2D eigenvalue weighted by Gasteiger charge is -2.03. The van der Waals surface area contributed by atoms with Crippen molar-refractivity contribution in [3.63, 3.8) is 0 Å². The molecule has 3 nitrogen and oxygen atoms in total. The van der Waals surface area contributed by atoms with Gasteiger partial charge in [0, 0.05) is 23.5 Å². The number of hydrogen-bond acceptors (Lipinski definition) is 4. The van der Waals surface area contributed by atoms with E-state index in [9.17, 15) is 0 Å². The average molecular weight is 310 g/mol. The highest BCUT2D eigenvalue weighted by Gasteiger charge is 2.00. The van der Waals surface area contributed by atoms with Gasteiger partial charge in [0.15, 0.2) is 0 Å². The lowest BCUT2D eigenvalue weighted by molar-refractivity contribution is 1.11. The molecule has 2 heterocycles. The number of hydrogen-bond donors (Lipinski definition) is 1. The van der Waals surface area contributed by atoms with Crippen LogP contribution in [-0.2, 0) is 5.75 Å². The van der Waals surface area contributed by atoms with E-state index in [1.807, 2.05) is 37.4 Å². The third-order valence-corrected chi connectivity index (χ3v) is 3.58. The van der Waals surface area contributed by atoms with Crippen LogP contribution in [0.2, 0.25) is 0 Å². The first-order valence-electron chi connectivity index (χ1n) is 5.16. The Labute approximate surface area is 113 Å². The first-order valence-corrected chi connectivity index (χ1v) is 6.94. The molecule has 0 unspecified atom stereocenters. The Morgan fingerprint density at radius 1 is 1.29 bits per heavy atom. The molecule has 2 aromatic heterocycles. The quantitative estimate of drug-likeness (QED) is 0.876. The lowest BCUT2D eigenvalue weighted by Crippen LogP contribution is -1.94. The van der Waals surface area contributed by atoms with Gasteiger partial charge in [0.1, 0.15) is 5.82 Å². The maximum atomic E-state index is 4.45. The van der Waals surface area contributed by atoms with Crippen LogP contribution in [0.5, 0.6) is 0 Å². The van der Waals surface area contributed by atoms with Crippen LogP contribution in [0.1, 0.15) is 5.69 Å². The molecule has 0 aliphatic heterocycles. The van der Waals surface area contributed by atoms with Crippen molar-refractivity contribution < 1.29 is 0 Å². The Hall–Kier alpha value is -1.07. The van der Waals surface area contributed by atoms with Gasteiger partial charge in [-0.3, -0.25) is 0 Å². The van der Waals surface area contributed by atoms with Crippen LogP contribution in [-0.4, -0.2) is 17.0 Å². The van der Waals surface area contributed by atoms with Crippen molar-refractivity contribution >= 4 is 33.5 Å². The second-order valence-electron chi connectivity index (χ2n) is 3.37. The molecule has 0 aromatic carbocycles. The number of rotatable bonds is 4. The molecule has 88 valence electrons. The maximum absolute atomic E-state index is 4.45. The number of anilines is 1. The van der Waals surface area contributed by atoms with E-state index in [0.29, 0.717) is 0 Å². The van der Waals surface area contributed by atoms with Gasteiger partial charge >= 0.3 is 0 Å². The van der Waals surface area contributed by atoms with Crippen molar-refractivity contribution in [3.05, 3.63) is 46.7 Å². The van der Waals surface area contributed by atoms with Gasteiger partial charge in [-0.1, -0.05) is 6.07 Å². The summed E-state index contributed by atoms with van der Waals surface area (Å²) >= 11 is 5.05. The Morgan fingerprint density at radius 3 is 2.88 bits per heavy atom. The van der Waals surface area contributed by atoms with Crippen LogP contribution >= 0.6 is 27.7 Å². The normalized spacial score (nSPS) is 10.2. The van der Waals surface area contributed by atoms with Crippen LogP contribution in [0, 0.1) is 0 Å². The molecular weight excluding hydrogens is 298 g/mol. The monoisotopic (exact) mass is 309 g/mol. The van der Waals surface area contributed by atoms with E-state index in [1.165, 1.54) is 0 Å². The Kier molecular flexibility index (Phi) is 4.39. The summed E-state index contributed by atoms with van der Waals surface area (Å²) in [6.45, 7) is 0. The molecular formula is C12H12BrN3S. The smallest absolute Gasteiger partial charge is 0.125 e. The van der Waals surface area contributed by atoms with Crippen molar-refractivity contribution in [2.24, 2.45) is 0 Å². The zero-order valence-corrected chi connectivity index (χ0v) is 11.8. The molecule has 0 amide bonds. The van der Waals surface area contributed by atoms with Gasteiger partial charge in [0.2, 0.25) is 0 Å². The molecule has 0 aliphatic carbocycles. The van der Waals surface area contributed by atoms with Crippen molar-refractivity contribution in [1.82, 2.24) is 9.97 Å². The molecule has 2 rings (SSSR count). The van der Waals surface area contributed by atoms with Gasteiger partial charge in [-0.05, 0) is 40.2 Å². The molecule has 1 N–H and O–H groups in total. The Bertz CT molecular complexity index is 487. The summed E-state index contributed by atoms with van der Waals surface area (Å²) in [7, 11) is 1.87. The fourth-order valence-corrected chi connectivity index (χ4v) is 2.28. The second kappa shape index (κ2) is 6.02. The summed E-state index contributed by atoms with van der Waals surface area (Å²) in [5.41, 5.74) is 1.05. The van der Waals surface area contributed by atoms with Crippen LogP contribution < -0.4 is 5.32 Å². The number of nitrogens with zero attached hydrogens (tertiary/aromatic N) is 2. The molecule has 0 saturated carbocycles. The Balaban J connectivity index is 1.99. The number of nitrogens with one attached hydrogen (secondary N) is 1. The largest absolute Gasteiger partial charge is 0.373 e. The highest BCUT2D eigenvalue weighted by Crippen LogP contribution is 2.21. The summed E-state index contributed by atoms with van der Waals surface area (Å²) in [4.78, 5) is 8.76. The SMILES string of the molecule is CNc1cccc(CSc2ccc(Br)cn2)n1. The molecule has 17 heavy (non-hydrogen) atoms. The molecule has 0 saturated heterocycles. The molecule has 0 radical (unpaired) electrons. The van der Waals surface area contributed by atoms with Crippen LogP contribution in [0.3, 0.4) is 0 Å². The van der Waals surface area contributed by atoms with E-state index in [2.05, 4.69) is 31.2 Å². The predicted molar refractivity (Wildman–Crippen MR) is 75.3 cm³/mol. The number of pyridine rings is 2. The Morgan fingerprint density at radius 2 is 2.18 bits per heavy atom. The van der Waals surface area contributed by atoms with Crippen molar-refractivity contribution in [3.8, 4) is 0 Å². The molecule has 2 aromatic rings. The zero-order valence-electron chi connectivity index (χ0n) is 9.35. The summed E-state index contributed by atoms with van der Waals surface area (Å²) in [6, 6.07) is 9.96. The fourth-order valence-electron chi connectivity index (χ4n) is 1.29. The van der Waals surface area contributed by atoms with E-state index in [0.717, 1.165) is 26.8 Å². The minimum absolute atomic E-state index is 0.824. The minimum Gasteiger partial charge on any atom is -0.373 e. The van der Waals surface area contributed by atoms with Crippen molar-refractivity contribution in [2.75, 3.05) is 12.4 Å². The van der Waals surface area contributed by atoms with Gasteiger partial charge in [0.25, 0.3) is 0 Å². The summed E-state index contributed by atoms with van der Waals surface area (Å²) in [5.74, 6) is 1.72. The van der Waals surface area contributed by atoms with Crippen LogP contribution in [0.4, 0.5) is 5.82 Å².